The highest BCUT2D eigenvalue weighted by molar-refractivity contribution is 5.89. The second kappa shape index (κ2) is 10.5. The van der Waals surface area contributed by atoms with Gasteiger partial charge in [0.05, 0.1) is 12.5 Å². The van der Waals surface area contributed by atoms with Crippen LogP contribution in [-0.4, -0.2) is 72.5 Å². The average Bonchev–Trinajstić information content (AvgIpc) is 3.15. The van der Waals surface area contributed by atoms with E-state index in [9.17, 15) is 14.4 Å². The van der Waals surface area contributed by atoms with Crippen molar-refractivity contribution >= 4 is 17.7 Å². The fourth-order valence-corrected chi connectivity index (χ4v) is 4.12. The summed E-state index contributed by atoms with van der Waals surface area (Å²) in [5.41, 5.74) is 0. The first-order chi connectivity index (χ1) is 14.9. The number of nitrogens with one attached hydrogen (secondary N) is 1. The van der Waals surface area contributed by atoms with Crippen molar-refractivity contribution in [2.75, 3.05) is 32.8 Å². The van der Waals surface area contributed by atoms with Gasteiger partial charge in [0.15, 0.2) is 6.61 Å². The summed E-state index contributed by atoms with van der Waals surface area (Å²) in [6, 6.07) is 7.31. The van der Waals surface area contributed by atoms with E-state index in [1.807, 2.05) is 37.8 Å². The summed E-state index contributed by atoms with van der Waals surface area (Å²) in [5, 5.41) is 2.99. The molecule has 2 aliphatic rings. The number of hydrogen-bond donors (Lipinski definition) is 1. The maximum Gasteiger partial charge on any atom is 0.258 e. The fraction of sp³-hybridized carbons (Fsp3) is 0.609. The minimum Gasteiger partial charge on any atom is -0.494 e. The van der Waals surface area contributed by atoms with Gasteiger partial charge in [0.1, 0.15) is 11.5 Å². The Kier molecular flexibility index (Phi) is 7.76. The normalized spacial score (nSPS) is 19.6. The zero-order valence-corrected chi connectivity index (χ0v) is 18.6. The highest BCUT2D eigenvalue weighted by Crippen LogP contribution is 2.24. The molecule has 3 amide bonds. The molecule has 170 valence electrons. The lowest BCUT2D eigenvalue weighted by molar-refractivity contribution is -0.137. The standard InChI is InChI=1S/C23H33N3O5/c1-4-30-19-5-7-20(8-6-19)31-15-21(27)24-18-9-11-25(12-10-18)23(29)17-13-22(28)26(14-17)16(2)3/h5-8,16-18H,4,9-15H2,1-3H3,(H,24,27). The number of ether oxygens (including phenoxy) is 2. The molecule has 1 atom stereocenters. The van der Waals surface area contributed by atoms with E-state index in [0.29, 0.717) is 51.3 Å². The first-order valence-corrected chi connectivity index (χ1v) is 11.1. The van der Waals surface area contributed by atoms with Crippen LogP contribution < -0.4 is 14.8 Å². The van der Waals surface area contributed by atoms with E-state index < -0.39 is 0 Å². The van der Waals surface area contributed by atoms with Crippen molar-refractivity contribution in [2.45, 2.75) is 52.1 Å². The second-order valence-electron chi connectivity index (χ2n) is 8.40. The van der Waals surface area contributed by atoms with Crippen LogP contribution in [0.4, 0.5) is 0 Å². The van der Waals surface area contributed by atoms with Crippen LogP contribution in [0.25, 0.3) is 0 Å². The van der Waals surface area contributed by atoms with Gasteiger partial charge < -0.3 is 24.6 Å². The number of rotatable bonds is 8. The predicted molar refractivity (Wildman–Crippen MR) is 116 cm³/mol. The van der Waals surface area contributed by atoms with Crippen molar-refractivity contribution in [2.24, 2.45) is 5.92 Å². The van der Waals surface area contributed by atoms with Crippen LogP contribution in [0.2, 0.25) is 0 Å². The van der Waals surface area contributed by atoms with E-state index in [1.165, 1.54) is 0 Å². The number of benzene rings is 1. The largest absolute Gasteiger partial charge is 0.494 e. The van der Waals surface area contributed by atoms with Crippen LogP contribution in [0.15, 0.2) is 24.3 Å². The Morgan fingerprint density at radius 2 is 1.71 bits per heavy atom. The molecule has 1 unspecified atom stereocenters. The lowest BCUT2D eigenvalue weighted by Crippen LogP contribution is -2.49. The Morgan fingerprint density at radius 3 is 2.26 bits per heavy atom. The summed E-state index contributed by atoms with van der Waals surface area (Å²) >= 11 is 0. The SMILES string of the molecule is CCOc1ccc(OCC(=O)NC2CCN(C(=O)C3CC(=O)N(C(C)C)C3)CC2)cc1. The van der Waals surface area contributed by atoms with Gasteiger partial charge >= 0.3 is 0 Å². The summed E-state index contributed by atoms with van der Waals surface area (Å²) in [7, 11) is 0. The Morgan fingerprint density at radius 1 is 1.10 bits per heavy atom. The quantitative estimate of drug-likeness (QED) is 0.679. The number of amides is 3. The smallest absolute Gasteiger partial charge is 0.258 e. The van der Waals surface area contributed by atoms with E-state index >= 15 is 0 Å². The van der Waals surface area contributed by atoms with Crippen LogP contribution >= 0.6 is 0 Å². The Hall–Kier alpha value is -2.77. The average molecular weight is 432 g/mol. The molecule has 31 heavy (non-hydrogen) atoms. The van der Waals surface area contributed by atoms with Crippen LogP contribution in [0.1, 0.15) is 40.0 Å². The zero-order chi connectivity index (χ0) is 22.4. The third-order valence-electron chi connectivity index (χ3n) is 5.81. The van der Waals surface area contributed by atoms with Crippen LogP contribution in [0, 0.1) is 5.92 Å². The van der Waals surface area contributed by atoms with Crippen molar-refractivity contribution in [3.63, 3.8) is 0 Å². The number of carbonyl (C=O) groups excluding carboxylic acids is 3. The number of likely N-dealkylation sites (tertiary alicyclic amines) is 2. The first-order valence-electron chi connectivity index (χ1n) is 11.1. The third kappa shape index (κ3) is 6.12. The molecule has 1 aromatic rings. The Labute approximate surface area is 183 Å². The Bertz CT molecular complexity index is 772. The molecule has 3 rings (SSSR count). The number of carbonyl (C=O) groups is 3. The molecular formula is C23H33N3O5. The number of nitrogens with zero attached hydrogens (tertiary/aromatic N) is 2. The van der Waals surface area contributed by atoms with Crippen LogP contribution in [0.3, 0.4) is 0 Å². The van der Waals surface area contributed by atoms with Gasteiger partial charge in [-0.1, -0.05) is 0 Å². The number of piperidine rings is 1. The summed E-state index contributed by atoms with van der Waals surface area (Å²) < 4.78 is 10.9. The molecule has 0 aliphatic carbocycles. The second-order valence-corrected chi connectivity index (χ2v) is 8.40. The first kappa shape index (κ1) is 22.9. The molecule has 0 aromatic heterocycles. The van der Waals surface area contributed by atoms with Crippen molar-refractivity contribution < 1.29 is 23.9 Å². The molecule has 1 N–H and O–H groups in total. The van der Waals surface area contributed by atoms with Gasteiger partial charge in [-0.2, -0.15) is 0 Å². The predicted octanol–water partition coefficient (Wildman–Crippen LogP) is 1.83. The fourth-order valence-electron chi connectivity index (χ4n) is 4.12. The maximum absolute atomic E-state index is 12.8. The summed E-state index contributed by atoms with van der Waals surface area (Å²) in [4.78, 5) is 40.7. The lowest BCUT2D eigenvalue weighted by atomic mass is 10.0. The van der Waals surface area contributed by atoms with Crippen molar-refractivity contribution in [3.8, 4) is 11.5 Å². The minimum atomic E-state index is -0.247. The molecule has 2 fully saturated rings. The summed E-state index contributed by atoms with van der Waals surface area (Å²) in [5.74, 6) is 1.07. The molecule has 2 aliphatic heterocycles. The lowest BCUT2D eigenvalue weighted by Gasteiger charge is -2.34. The van der Waals surface area contributed by atoms with E-state index in [4.69, 9.17) is 9.47 Å². The molecule has 0 saturated carbocycles. The molecule has 0 bridgehead atoms. The molecule has 0 radical (unpaired) electrons. The molecule has 2 heterocycles. The summed E-state index contributed by atoms with van der Waals surface area (Å²) in [6.07, 6.45) is 1.71. The highest BCUT2D eigenvalue weighted by Gasteiger charge is 2.38. The molecule has 8 heteroatoms. The van der Waals surface area contributed by atoms with E-state index in [0.717, 1.165) is 5.75 Å². The van der Waals surface area contributed by atoms with Gasteiger partial charge in [-0.3, -0.25) is 14.4 Å². The third-order valence-corrected chi connectivity index (χ3v) is 5.81. The van der Waals surface area contributed by atoms with Gasteiger partial charge in [-0.15, -0.1) is 0 Å². The zero-order valence-electron chi connectivity index (χ0n) is 18.6. The topological polar surface area (TPSA) is 88.2 Å². The van der Waals surface area contributed by atoms with Crippen LogP contribution in [-0.2, 0) is 14.4 Å². The summed E-state index contributed by atoms with van der Waals surface area (Å²) in [6.45, 7) is 8.10. The van der Waals surface area contributed by atoms with Crippen molar-refractivity contribution in [1.29, 1.82) is 0 Å². The van der Waals surface area contributed by atoms with Gasteiger partial charge in [0, 0.05) is 38.1 Å². The molecule has 2 saturated heterocycles. The molecular weight excluding hydrogens is 398 g/mol. The molecule has 1 aromatic carbocycles. The number of hydrogen-bond acceptors (Lipinski definition) is 5. The van der Waals surface area contributed by atoms with Gasteiger partial charge in [0.25, 0.3) is 5.91 Å². The monoisotopic (exact) mass is 431 g/mol. The van der Waals surface area contributed by atoms with Gasteiger partial charge in [-0.25, -0.2) is 0 Å². The maximum atomic E-state index is 12.8. The van der Waals surface area contributed by atoms with E-state index in [1.54, 1.807) is 17.0 Å². The Balaban J connectivity index is 1.38. The van der Waals surface area contributed by atoms with Crippen LogP contribution in [0.5, 0.6) is 11.5 Å². The molecule has 8 nitrogen and oxygen atoms in total. The minimum absolute atomic E-state index is 0.0258. The van der Waals surface area contributed by atoms with Gasteiger partial charge in [0.2, 0.25) is 11.8 Å². The highest BCUT2D eigenvalue weighted by atomic mass is 16.5. The molecule has 0 spiro atoms. The van der Waals surface area contributed by atoms with E-state index in [-0.39, 0.29) is 42.3 Å². The van der Waals surface area contributed by atoms with E-state index in [2.05, 4.69) is 5.32 Å². The van der Waals surface area contributed by atoms with Gasteiger partial charge in [-0.05, 0) is 57.9 Å². The van der Waals surface area contributed by atoms with Crippen molar-refractivity contribution in [1.82, 2.24) is 15.1 Å². The van der Waals surface area contributed by atoms with Crippen molar-refractivity contribution in [3.05, 3.63) is 24.3 Å².